The Labute approximate surface area is 116 Å². The molecule has 102 valence electrons. The van der Waals surface area contributed by atoms with Crippen molar-refractivity contribution in [2.75, 3.05) is 13.1 Å². The molecule has 1 aliphatic rings. The van der Waals surface area contributed by atoms with Crippen LogP contribution in [0, 0.1) is 5.41 Å². The molecule has 6 nitrogen and oxygen atoms in total. The number of rotatable bonds is 2. The summed E-state index contributed by atoms with van der Waals surface area (Å²) in [6, 6.07) is 0. The van der Waals surface area contributed by atoms with E-state index in [4.69, 9.17) is 0 Å². The second kappa shape index (κ2) is 4.57. The van der Waals surface area contributed by atoms with Crippen molar-refractivity contribution in [1.29, 1.82) is 0 Å². The molecule has 0 saturated carbocycles. The van der Waals surface area contributed by atoms with Gasteiger partial charge >= 0.3 is 0 Å². The van der Waals surface area contributed by atoms with E-state index in [1.165, 1.54) is 8.99 Å². The lowest BCUT2D eigenvalue weighted by Gasteiger charge is -2.35. The van der Waals surface area contributed by atoms with Gasteiger partial charge in [-0.1, -0.05) is 19.1 Å². The molecule has 0 N–H and O–H groups in total. The van der Waals surface area contributed by atoms with Crippen LogP contribution in [0.1, 0.15) is 26.7 Å². The molecule has 1 aliphatic heterocycles. The molecule has 1 fully saturated rings. The van der Waals surface area contributed by atoms with Gasteiger partial charge in [-0.3, -0.25) is 0 Å². The molecular weight excluding hydrogens is 320 g/mol. The fraction of sp³-hybridized carbons (Fsp3) is 0.800. The van der Waals surface area contributed by atoms with Gasteiger partial charge in [0.1, 0.15) is 0 Å². The van der Waals surface area contributed by atoms with Crippen LogP contribution in [0.2, 0.25) is 0 Å². The molecule has 1 aromatic rings. The summed E-state index contributed by atoms with van der Waals surface area (Å²) in [6.07, 6.45) is 1.74. The molecule has 0 aromatic carbocycles. The summed E-state index contributed by atoms with van der Waals surface area (Å²) in [5, 5.41) is 7.58. The average Bonchev–Trinajstić information content (AvgIpc) is 2.58. The van der Waals surface area contributed by atoms with Crippen LogP contribution >= 0.6 is 15.9 Å². The highest BCUT2D eigenvalue weighted by molar-refractivity contribution is 9.10. The van der Waals surface area contributed by atoms with Crippen LogP contribution in [0.25, 0.3) is 0 Å². The van der Waals surface area contributed by atoms with Gasteiger partial charge in [0.25, 0.3) is 10.0 Å². The van der Waals surface area contributed by atoms with Crippen molar-refractivity contribution in [2.45, 2.75) is 31.7 Å². The van der Waals surface area contributed by atoms with Crippen LogP contribution in [-0.4, -0.2) is 40.8 Å². The third-order valence-electron chi connectivity index (χ3n) is 3.40. The highest BCUT2D eigenvalue weighted by Crippen LogP contribution is 2.33. The fourth-order valence-corrected chi connectivity index (χ4v) is 4.52. The molecule has 0 atom stereocenters. The lowest BCUT2D eigenvalue weighted by Crippen LogP contribution is -2.41. The minimum absolute atomic E-state index is 0.127. The van der Waals surface area contributed by atoms with E-state index in [0.29, 0.717) is 13.1 Å². The van der Waals surface area contributed by atoms with Gasteiger partial charge in [-0.25, -0.2) is 13.1 Å². The van der Waals surface area contributed by atoms with Gasteiger partial charge in [-0.15, -0.1) is 5.10 Å². The van der Waals surface area contributed by atoms with Crippen LogP contribution in [-0.2, 0) is 17.1 Å². The second-order valence-corrected chi connectivity index (χ2v) is 7.98. The third kappa shape index (κ3) is 2.46. The van der Waals surface area contributed by atoms with Gasteiger partial charge in [-0.05, 0) is 34.2 Å². The van der Waals surface area contributed by atoms with Gasteiger partial charge in [0, 0.05) is 20.1 Å². The maximum atomic E-state index is 12.5. The average molecular weight is 337 g/mol. The van der Waals surface area contributed by atoms with Crippen molar-refractivity contribution in [3.63, 3.8) is 0 Å². The van der Waals surface area contributed by atoms with E-state index in [1.807, 2.05) is 0 Å². The molecule has 0 bridgehead atoms. The summed E-state index contributed by atoms with van der Waals surface area (Å²) in [6.45, 7) is 5.43. The first kappa shape index (κ1) is 14.0. The maximum Gasteiger partial charge on any atom is 0.263 e. The Balaban J connectivity index is 2.29. The van der Waals surface area contributed by atoms with Crippen LogP contribution in [0.3, 0.4) is 0 Å². The van der Waals surface area contributed by atoms with E-state index in [1.54, 1.807) is 7.05 Å². The standard InChI is InChI=1S/C10H17BrN4O2S/c1-10(2)4-6-15(7-5-10)18(16,17)9-8(11)12-13-14(9)3/h4-7H2,1-3H3. The molecule has 1 aromatic heterocycles. The number of sulfonamides is 1. The zero-order chi connectivity index (χ0) is 13.6. The van der Waals surface area contributed by atoms with Crippen LogP contribution < -0.4 is 0 Å². The Morgan fingerprint density at radius 2 is 1.83 bits per heavy atom. The zero-order valence-electron chi connectivity index (χ0n) is 10.7. The summed E-state index contributed by atoms with van der Waals surface area (Å²) in [5.74, 6) is 0. The number of hydrogen-bond acceptors (Lipinski definition) is 4. The Kier molecular flexibility index (Phi) is 3.54. The zero-order valence-corrected chi connectivity index (χ0v) is 13.1. The molecule has 2 heterocycles. The summed E-state index contributed by atoms with van der Waals surface area (Å²) >= 11 is 3.14. The molecule has 0 spiro atoms. The van der Waals surface area contributed by atoms with E-state index in [9.17, 15) is 8.42 Å². The first-order valence-electron chi connectivity index (χ1n) is 5.79. The summed E-state index contributed by atoms with van der Waals surface area (Å²) in [4.78, 5) is 0. The highest BCUT2D eigenvalue weighted by atomic mass is 79.9. The molecule has 1 saturated heterocycles. The molecular formula is C10H17BrN4O2S. The summed E-state index contributed by atoms with van der Waals surface area (Å²) < 4.78 is 28.1. The lowest BCUT2D eigenvalue weighted by atomic mass is 9.83. The topological polar surface area (TPSA) is 68.1 Å². The predicted octanol–water partition coefficient (Wildman–Crippen LogP) is 1.39. The van der Waals surface area contributed by atoms with E-state index >= 15 is 0 Å². The Bertz CT molecular complexity index is 523. The Morgan fingerprint density at radius 3 is 2.28 bits per heavy atom. The van der Waals surface area contributed by atoms with Gasteiger partial charge in [0.2, 0.25) is 5.03 Å². The van der Waals surface area contributed by atoms with E-state index < -0.39 is 10.0 Å². The minimum Gasteiger partial charge on any atom is -0.235 e. The SMILES string of the molecule is Cn1nnc(Br)c1S(=O)(=O)N1CCC(C)(C)CC1. The monoisotopic (exact) mass is 336 g/mol. The number of aromatic nitrogens is 3. The van der Waals surface area contributed by atoms with Crippen molar-refractivity contribution in [3.05, 3.63) is 4.60 Å². The van der Waals surface area contributed by atoms with E-state index in [0.717, 1.165) is 12.8 Å². The normalized spacial score (nSPS) is 21.1. The smallest absolute Gasteiger partial charge is 0.235 e. The van der Waals surface area contributed by atoms with Gasteiger partial charge in [0.15, 0.2) is 4.60 Å². The molecule has 0 radical (unpaired) electrons. The third-order valence-corrected chi connectivity index (χ3v) is 6.19. The van der Waals surface area contributed by atoms with Crippen LogP contribution in [0.5, 0.6) is 0 Å². The second-order valence-electron chi connectivity index (χ2n) is 5.38. The highest BCUT2D eigenvalue weighted by Gasteiger charge is 2.35. The van der Waals surface area contributed by atoms with Gasteiger partial charge < -0.3 is 0 Å². The molecule has 0 aliphatic carbocycles. The first-order valence-corrected chi connectivity index (χ1v) is 8.03. The molecule has 0 unspecified atom stereocenters. The largest absolute Gasteiger partial charge is 0.263 e. The van der Waals surface area contributed by atoms with Crippen LogP contribution in [0.4, 0.5) is 0 Å². The summed E-state index contributed by atoms with van der Waals surface area (Å²) in [7, 11) is -1.92. The minimum atomic E-state index is -3.51. The lowest BCUT2D eigenvalue weighted by molar-refractivity contribution is 0.195. The number of nitrogens with zero attached hydrogens (tertiary/aromatic N) is 4. The Morgan fingerprint density at radius 1 is 1.28 bits per heavy atom. The predicted molar refractivity (Wildman–Crippen MR) is 70.5 cm³/mol. The number of piperidine rings is 1. The van der Waals surface area contributed by atoms with E-state index in [2.05, 4.69) is 40.1 Å². The fourth-order valence-electron chi connectivity index (χ4n) is 2.05. The molecule has 18 heavy (non-hydrogen) atoms. The van der Waals surface area contributed by atoms with Crippen molar-refractivity contribution >= 4 is 26.0 Å². The van der Waals surface area contributed by atoms with E-state index in [-0.39, 0.29) is 15.0 Å². The van der Waals surface area contributed by atoms with Crippen molar-refractivity contribution in [2.24, 2.45) is 12.5 Å². The summed E-state index contributed by atoms with van der Waals surface area (Å²) in [5.41, 5.74) is 0.216. The molecule has 2 rings (SSSR count). The quantitative estimate of drug-likeness (QED) is 0.818. The van der Waals surface area contributed by atoms with Gasteiger partial charge in [0.05, 0.1) is 0 Å². The molecule has 0 amide bonds. The van der Waals surface area contributed by atoms with Crippen molar-refractivity contribution in [1.82, 2.24) is 19.3 Å². The van der Waals surface area contributed by atoms with Gasteiger partial charge in [-0.2, -0.15) is 4.31 Å². The van der Waals surface area contributed by atoms with Crippen molar-refractivity contribution in [3.8, 4) is 0 Å². The van der Waals surface area contributed by atoms with Crippen LogP contribution in [0.15, 0.2) is 9.63 Å². The number of halogens is 1. The number of aryl methyl sites for hydroxylation is 1. The first-order chi connectivity index (χ1) is 8.24. The van der Waals surface area contributed by atoms with Crippen molar-refractivity contribution < 1.29 is 8.42 Å². The molecule has 8 heteroatoms. The Hall–Kier alpha value is -0.470. The maximum absolute atomic E-state index is 12.5. The number of hydrogen-bond donors (Lipinski definition) is 0.